The summed E-state index contributed by atoms with van der Waals surface area (Å²) < 4.78 is 0. The molecule has 0 unspecified atom stereocenters. The number of amides is 1. The Morgan fingerprint density at radius 2 is 2.06 bits per heavy atom. The SMILES string of the molecule is O=C(NC1CC1)c1ncnc2ccccc12. The molecule has 2 aromatic rings. The molecule has 1 fully saturated rings. The van der Waals surface area contributed by atoms with Crippen LogP contribution in [0.1, 0.15) is 23.3 Å². The molecule has 16 heavy (non-hydrogen) atoms. The van der Waals surface area contributed by atoms with Crippen LogP contribution in [0.4, 0.5) is 0 Å². The second kappa shape index (κ2) is 3.56. The van der Waals surface area contributed by atoms with Crippen molar-refractivity contribution in [3.8, 4) is 0 Å². The first-order chi connectivity index (χ1) is 7.84. The van der Waals surface area contributed by atoms with Crippen LogP contribution in [0.25, 0.3) is 10.9 Å². The van der Waals surface area contributed by atoms with Crippen LogP contribution in [0.5, 0.6) is 0 Å². The fourth-order valence-corrected chi connectivity index (χ4v) is 1.67. The maximum atomic E-state index is 11.9. The molecule has 1 heterocycles. The number of hydrogen-bond acceptors (Lipinski definition) is 3. The van der Waals surface area contributed by atoms with Crippen molar-refractivity contribution >= 4 is 16.8 Å². The van der Waals surface area contributed by atoms with E-state index in [2.05, 4.69) is 15.3 Å². The minimum absolute atomic E-state index is 0.0962. The topological polar surface area (TPSA) is 54.9 Å². The van der Waals surface area contributed by atoms with Crippen LogP contribution in [0, 0.1) is 0 Å². The van der Waals surface area contributed by atoms with Crippen molar-refractivity contribution in [3.05, 3.63) is 36.3 Å². The fourth-order valence-electron chi connectivity index (χ4n) is 1.67. The Labute approximate surface area is 92.7 Å². The van der Waals surface area contributed by atoms with E-state index in [1.54, 1.807) is 0 Å². The predicted molar refractivity (Wildman–Crippen MR) is 60.0 cm³/mol. The van der Waals surface area contributed by atoms with E-state index in [1.165, 1.54) is 6.33 Å². The molecule has 1 aromatic heterocycles. The second-order valence-electron chi connectivity index (χ2n) is 3.99. The van der Waals surface area contributed by atoms with Gasteiger partial charge in [0.05, 0.1) is 5.52 Å². The van der Waals surface area contributed by atoms with E-state index in [0.717, 1.165) is 23.7 Å². The van der Waals surface area contributed by atoms with E-state index >= 15 is 0 Å². The number of carbonyl (C=O) groups is 1. The predicted octanol–water partition coefficient (Wildman–Crippen LogP) is 1.52. The summed E-state index contributed by atoms with van der Waals surface area (Å²) in [4.78, 5) is 20.1. The molecule has 80 valence electrons. The first-order valence-electron chi connectivity index (χ1n) is 5.35. The molecule has 0 aliphatic heterocycles. The summed E-state index contributed by atoms with van der Waals surface area (Å²) in [7, 11) is 0. The third-order valence-corrected chi connectivity index (χ3v) is 2.67. The fraction of sp³-hybridized carbons (Fsp3) is 0.250. The summed E-state index contributed by atoms with van der Waals surface area (Å²) in [5, 5.41) is 3.74. The van der Waals surface area contributed by atoms with Gasteiger partial charge in [0.2, 0.25) is 0 Å². The molecule has 1 aromatic carbocycles. The highest BCUT2D eigenvalue weighted by atomic mass is 16.2. The Kier molecular flexibility index (Phi) is 2.06. The third-order valence-electron chi connectivity index (χ3n) is 2.67. The second-order valence-corrected chi connectivity index (χ2v) is 3.99. The van der Waals surface area contributed by atoms with Gasteiger partial charge in [0.1, 0.15) is 12.0 Å². The van der Waals surface area contributed by atoms with Crippen molar-refractivity contribution in [2.24, 2.45) is 0 Å². The summed E-state index contributed by atoms with van der Waals surface area (Å²) in [6, 6.07) is 7.89. The molecule has 3 rings (SSSR count). The number of rotatable bonds is 2. The van der Waals surface area contributed by atoms with Gasteiger partial charge in [0, 0.05) is 11.4 Å². The highest BCUT2D eigenvalue weighted by molar-refractivity contribution is 6.04. The third kappa shape index (κ3) is 1.62. The van der Waals surface area contributed by atoms with Crippen LogP contribution in [0.2, 0.25) is 0 Å². The summed E-state index contributed by atoms with van der Waals surface area (Å²) in [6.45, 7) is 0. The minimum Gasteiger partial charge on any atom is -0.348 e. The van der Waals surface area contributed by atoms with Crippen LogP contribution in [-0.4, -0.2) is 21.9 Å². The lowest BCUT2D eigenvalue weighted by Gasteiger charge is -2.04. The number of para-hydroxylation sites is 1. The van der Waals surface area contributed by atoms with Gasteiger partial charge in [-0.1, -0.05) is 18.2 Å². The van der Waals surface area contributed by atoms with Crippen molar-refractivity contribution in [2.45, 2.75) is 18.9 Å². The maximum absolute atomic E-state index is 11.9. The first kappa shape index (κ1) is 9.27. The quantitative estimate of drug-likeness (QED) is 0.822. The maximum Gasteiger partial charge on any atom is 0.270 e. The normalized spacial score (nSPS) is 15.0. The summed E-state index contributed by atoms with van der Waals surface area (Å²) in [6.07, 6.45) is 3.59. The number of nitrogens with one attached hydrogen (secondary N) is 1. The molecular weight excluding hydrogens is 202 g/mol. The van der Waals surface area contributed by atoms with Crippen molar-refractivity contribution in [3.63, 3.8) is 0 Å². The molecule has 1 N–H and O–H groups in total. The number of carbonyl (C=O) groups excluding carboxylic acids is 1. The Morgan fingerprint density at radius 3 is 2.88 bits per heavy atom. The molecule has 1 aliphatic carbocycles. The highest BCUT2D eigenvalue weighted by Gasteiger charge is 2.25. The molecule has 1 aliphatic rings. The Hall–Kier alpha value is -1.97. The number of hydrogen-bond donors (Lipinski definition) is 1. The van der Waals surface area contributed by atoms with Gasteiger partial charge in [-0.05, 0) is 18.9 Å². The minimum atomic E-state index is -0.0962. The molecular formula is C12H11N3O. The van der Waals surface area contributed by atoms with E-state index in [4.69, 9.17) is 0 Å². The molecule has 1 amide bonds. The summed E-state index contributed by atoms with van der Waals surface area (Å²) >= 11 is 0. The Morgan fingerprint density at radius 1 is 1.25 bits per heavy atom. The van der Waals surface area contributed by atoms with Gasteiger partial charge >= 0.3 is 0 Å². The Bertz CT molecular complexity index is 543. The molecule has 4 nitrogen and oxygen atoms in total. The van der Waals surface area contributed by atoms with Gasteiger partial charge in [-0.3, -0.25) is 4.79 Å². The number of nitrogens with zero attached hydrogens (tertiary/aromatic N) is 2. The van der Waals surface area contributed by atoms with Crippen molar-refractivity contribution in [1.29, 1.82) is 0 Å². The van der Waals surface area contributed by atoms with Gasteiger partial charge < -0.3 is 5.32 Å². The van der Waals surface area contributed by atoms with Gasteiger partial charge in [0.25, 0.3) is 5.91 Å². The van der Waals surface area contributed by atoms with E-state index in [9.17, 15) is 4.79 Å². The monoisotopic (exact) mass is 213 g/mol. The average Bonchev–Trinajstić information content (AvgIpc) is 3.12. The van der Waals surface area contributed by atoms with Crippen LogP contribution in [0.3, 0.4) is 0 Å². The van der Waals surface area contributed by atoms with Crippen LogP contribution >= 0.6 is 0 Å². The van der Waals surface area contributed by atoms with Gasteiger partial charge in [-0.25, -0.2) is 9.97 Å². The lowest BCUT2D eigenvalue weighted by atomic mass is 10.2. The van der Waals surface area contributed by atoms with E-state index < -0.39 is 0 Å². The molecule has 1 saturated carbocycles. The lowest BCUT2D eigenvalue weighted by molar-refractivity contribution is 0.0948. The molecule has 0 saturated heterocycles. The number of benzene rings is 1. The number of aromatic nitrogens is 2. The molecule has 4 heteroatoms. The van der Waals surface area contributed by atoms with Crippen LogP contribution in [-0.2, 0) is 0 Å². The average molecular weight is 213 g/mol. The largest absolute Gasteiger partial charge is 0.348 e. The van der Waals surface area contributed by atoms with Gasteiger partial charge in [0.15, 0.2) is 0 Å². The molecule has 0 bridgehead atoms. The standard InChI is InChI=1S/C12H11N3O/c16-12(15-8-5-6-8)11-9-3-1-2-4-10(9)13-7-14-11/h1-4,7-8H,5-6H2,(H,15,16). The van der Waals surface area contributed by atoms with Gasteiger partial charge in [-0.2, -0.15) is 0 Å². The zero-order chi connectivity index (χ0) is 11.0. The van der Waals surface area contributed by atoms with Crippen molar-refractivity contribution < 1.29 is 4.79 Å². The summed E-state index contributed by atoms with van der Waals surface area (Å²) in [5.41, 5.74) is 1.27. The molecule has 0 radical (unpaired) electrons. The molecule has 0 atom stereocenters. The zero-order valence-electron chi connectivity index (χ0n) is 8.68. The van der Waals surface area contributed by atoms with E-state index in [0.29, 0.717) is 11.7 Å². The van der Waals surface area contributed by atoms with E-state index in [1.807, 2.05) is 24.3 Å². The van der Waals surface area contributed by atoms with Crippen LogP contribution in [0.15, 0.2) is 30.6 Å². The lowest BCUT2D eigenvalue weighted by Crippen LogP contribution is -2.26. The molecule has 0 spiro atoms. The Balaban J connectivity index is 2.04. The number of fused-ring (bicyclic) bond motifs is 1. The van der Waals surface area contributed by atoms with Gasteiger partial charge in [-0.15, -0.1) is 0 Å². The van der Waals surface area contributed by atoms with E-state index in [-0.39, 0.29) is 5.91 Å². The van der Waals surface area contributed by atoms with Crippen molar-refractivity contribution in [1.82, 2.24) is 15.3 Å². The smallest absolute Gasteiger partial charge is 0.270 e. The first-order valence-corrected chi connectivity index (χ1v) is 5.35. The van der Waals surface area contributed by atoms with Crippen molar-refractivity contribution in [2.75, 3.05) is 0 Å². The highest BCUT2D eigenvalue weighted by Crippen LogP contribution is 2.20. The zero-order valence-corrected chi connectivity index (χ0v) is 8.68. The van der Waals surface area contributed by atoms with Crippen LogP contribution < -0.4 is 5.32 Å². The summed E-state index contributed by atoms with van der Waals surface area (Å²) in [5.74, 6) is -0.0962.